The van der Waals surface area contributed by atoms with Crippen LogP contribution in [-0.4, -0.2) is 41.4 Å². The van der Waals surface area contributed by atoms with Gasteiger partial charge in [0.15, 0.2) is 0 Å². The molecule has 0 saturated carbocycles. The molecule has 0 saturated heterocycles. The lowest BCUT2D eigenvalue weighted by Crippen LogP contribution is -2.42. The molecule has 8 nitrogen and oxygen atoms in total. The van der Waals surface area contributed by atoms with Crippen LogP contribution in [0.4, 0.5) is 0 Å². The molecule has 0 aliphatic heterocycles. The van der Waals surface area contributed by atoms with E-state index in [1.54, 1.807) is 49.4 Å². The topological polar surface area (TPSA) is 89.0 Å². The third-order valence-electron chi connectivity index (χ3n) is 4.63. The van der Waals surface area contributed by atoms with E-state index in [1.807, 2.05) is 13.8 Å². The summed E-state index contributed by atoms with van der Waals surface area (Å²) in [6, 6.07) is 12.1. The van der Waals surface area contributed by atoms with E-state index >= 15 is 0 Å². The summed E-state index contributed by atoms with van der Waals surface area (Å²) >= 11 is 5.97. The van der Waals surface area contributed by atoms with Gasteiger partial charge in [-0.2, -0.15) is 4.89 Å². The largest absolute Gasteiger partial charge is 0.476 e. The van der Waals surface area contributed by atoms with E-state index in [0.717, 1.165) is 0 Å². The van der Waals surface area contributed by atoms with Crippen molar-refractivity contribution in [2.45, 2.75) is 32.8 Å². The number of hydrogen-bond acceptors (Lipinski definition) is 8. The Morgan fingerprint density at radius 1 is 1.03 bits per heavy atom. The summed E-state index contributed by atoms with van der Waals surface area (Å²) in [5.74, 6) is 0.746. The fourth-order valence-corrected chi connectivity index (χ4v) is 2.82. The molecule has 0 radical (unpaired) electrons. The van der Waals surface area contributed by atoms with Crippen LogP contribution in [0, 0.1) is 0 Å². The van der Waals surface area contributed by atoms with Gasteiger partial charge in [-0.05, 0) is 62.7 Å². The van der Waals surface area contributed by atoms with E-state index in [4.69, 9.17) is 35.6 Å². The average Bonchev–Trinajstić information content (AvgIpc) is 2.80. The van der Waals surface area contributed by atoms with Gasteiger partial charge in [0.1, 0.15) is 18.1 Å². The molecule has 0 amide bonds. The van der Waals surface area contributed by atoms with E-state index in [2.05, 4.69) is 9.97 Å². The van der Waals surface area contributed by atoms with Crippen LogP contribution in [0.2, 0.25) is 5.02 Å². The minimum atomic E-state index is -1.21. The zero-order valence-corrected chi connectivity index (χ0v) is 18.9. The number of nitrogens with zero attached hydrogens (tertiary/aromatic N) is 2. The highest BCUT2D eigenvalue weighted by molar-refractivity contribution is 6.31. The summed E-state index contributed by atoms with van der Waals surface area (Å²) in [5, 5.41) is 0.594. The third kappa shape index (κ3) is 6.29. The Morgan fingerprint density at radius 3 is 2.50 bits per heavy atom. The van der Waals surface area contributed by atoms with E-state index in [-0.39, 0.29) is 6.61 Å². The molecule has 1 atom stereocenters. The number of aromatic nitrogens is 2. The molecule has 1 aromatic heterocycles. The standard InChI is InChI=1S/C23H25ClN2O6/c1-4-23(3,22(27)32-29-13-12-28-5-2)31-18-9-7-17(8-10-18)30-21-15-25-20-14-16(24)6-11-19(20)26-21/h6-11,14-15H,4-5,12-13H2,1-3H3. The molecule has 32 heavy (non-hydrogen) atoms. The molecular weight excluding hydrogens is 436 g/mol. The van der Waals surface area contributed by atoms with Crippen LogP contribution in [0.1, 0.15) is 27.2 Å². The number of carbonyl (C=O) groups excluding carboxylic acids is 1. The number of fused-ring (bicyclic) bond motifs is 1. The summed E-state index contributed by atoms with van der Waals surface area (Å²) in [6.45, 7) is 6.39. The molecule has 0 aliphatic rings. The molecule has 170 valence electrons. The Kier molecular flexibility index (Phi) is 8.21. The fraction of sp³-hybridized carbons (Fsp3) is 0.348. The predicted octanol–water partition coefficient (Wildman–Crippen LogP) is 5.13. The maximum absolute atomic E-state index is 12.4. The molecule has 2 aromatic carbocycles. The second-order valence-electron chi connectivity index (χ2n) is 6.99. The van der Waals surface area contributed by atoms with Crippen LogP contribution in [0.15, 0.2) is 48.7 Å². The second kappa shape index (κ2) is 11.1. The number of benzene rings is 2. The van der Waals surface area contributed by atoms with Crippen molar-refractivity contribution in [1.29, 1.82) is 0 Å². The van der Waals surface area contributed by atoms with Gasteiger partial charge in [-0.3, -0.25) is 4.89 Å². The molecule has 0 spiro atoms. The quantitative estimate of drug-likeness (QED) is 0.221. The van der Waals surface area contributed by atoms with Crippen LogP contribution in [-0.2, 0) is 19.3 Å². The zero-order chi connectivity index (χ0) is 23.0. The highest BCUT2D eigenvalue weighted by Gasteiger charge is 2.37. The van der Waals surface area contributed by atoms with Crippen LogP contribution in [0.3, 0.4) is 0 Å². The van der Waals surface area contributed by atoms with Crippen molar-refractivity contribution in [2.24, 2.45) is 0 Å². The first-order valence-corrected chi connectivity index (χ1v) is 10.6. The number of hydrogen-bond donors (Lipinski definition) is 0. The Balaban J connectivity index is 1.60. The van der Waals surface area contributed by atoms with Crippen LogP contribution >= 0.6 is 11.6 Å². The molecule has 1 unspecified atom stereocenters. The first-order valence-electron chi connectivity index (χ1n) is 10.2. The lowest BCUT2D eigenvalue weighted by molar-refractivity contribution is -0.286. The normalized spacial score (nSPS) is 12.9. The molecule has 9 heteroatoms. The molecule has 3 aromatic rings. The van der Waals surface area contributed by atoms with Crippen molar-refractivity contribution < 1.29 is 28.8 Å². The first kappa shape index (κ1) is 23.7. The average molecular weight is 461 g/mol. The Morgan fingerprint density at radius 2 is 1.78 bits per heavy atom. The van der Waals surface area contributed by atoms with Crippen molar-refractivity contribution in [3.63, 3.8) is 0 Å². The maximum Gasteiger partial charge on any atom is 0.385 e. The van der Waals surface area contributed by atoms with Gasteiger partial charge in [0.25, 0.3) is 0 Å². The number of halogens is 1. The summed E-state index contributed by atoms with van der Waals surface area (Å²) in [4.78, 5) is 30.9. The van der Waals surface area contributed by atoms with Gasteiger partial charge in [0.2, 0.25) is 11.5 Å². The Labute approximate surface area is 191 Å². The predicted molar refractivity (Wildman–Crippen MR) is 119 cm³/mol. The molecule has 0 N–H and O–H groups in total. The summed E-state index contributed by atoms with van der Waals surface area (Å²) in [7, 11) is 0. The number of carbonyl (C=O) groups is 1. The minimum absolute atomic E-state index is 0.149. The van der Waals surface area contributed by atoms with Gasteiger partial charge in [-0.1, -0.05) is 18.5 Å². The summed E-state index contributed by atoms with van der Waals surface area (Å²) in [5.41, 5.74) is 0.146. The van der Waals surface area contributed by atoms with Crippen molar-refractivity contribution >= 4 is 28.6 Å². The third-order valence-corrected chi connectivity index (χ3v) is 4.86. The summed E-state index contributed by atoms with van der Waals surface area (Å²) in [6.07, 6.45) is 1.91. The Bertz CT molecular complexity index is 1050. The van der Waals surface area contributed by atoms with E-state index in [1.165, 1.54) is 6.20 Å². The number of ether oxygens (including phenoxy) is 3. The zero-order valence-electron chi connectivity index (χ0n) is 18.2. The van der Waals surface area contributed by atoms with Crippen molar-refractivity contribution in [3.8, 4) is 17.4 Å². The van der Waals surface area contributed by atoms with Gasteiger partial charge < -0.3 is 14.2 Å². The van der Waals surface area contributed by atoms with Gasteiger partial charge in [0, 0.05) is 11.6 Å². The van der Waals surface area contributed by atoms with Gasteiger partial charge in [-0.15, -0.1) is 0 Å². The summed E-state index contributed by atoms with van der Waals surface area (Å²) < 4.78 is 16.8. The SMILES string of the molecule is CCOCCOOC(=O)C(C)(CC)Oc1ccc(Oc2cnc3cc(Cl)ccc3n2)cc1. The lowest BCUT2D eigenvalue weighted by Gasteiger charge is -2.26. The van der Waals surface area contributed by atoms with E-state index in [9.17, 15) is 4.79 Å². The Hall–Kier alpha value is -2.94. The van der Waals surface area contributed by atoms with Gasteiger partial charge in [-0.25, -0.2) is 14.8 Å². The highest BCUT2D eigenvalue weighted by atomic mass is 35.5. The van der Waals surface area contributed by atoms with E-state index in [0.29, 0.717) is 53.1 Å². The van der Waals surface area contributed by atoms with Crippen molar-refractivity contribution in [1.82, 2.24) is 9.97 Å². The fourth-order valence-electron chi connectivity index (χ4n) is 2.65. The van der Waals surface area contributed by atoms with E-state index < -0.39 is 11.6 Å². The molecule has 0 bridgehead atoms. The minimum Gasteiger partial charge on any atom is -0.476 e. The van der Waals surface area contributed by atoms with Crippen LogP contribution < -0.4 is 9.47 Å². The molecule has 0 fully saturated rings. The molecular formula is C23H25ClN2O6. The molecule has 0 aliphatic carbocycles. The van der Waals surface area contributed by atoms with Crippen LogP contribution in [0.25, 0.3) is 11.0 Å². The van der Waals surface area contributed by atoms with Gasteiger partial charge in [0.05, 0.1) is 23.8 Å². The monoisotopic (exact) mass is 460 g/mol. The van der Waals surface area contributed by atoms with Gasteiger partial charge >= 0.3 is 5.97 Å². The number of rotatable bonds is 11. The smallest absolute Gasteiger partial charge is 0.385 e. The second-order valence-corrected chi connectivity index (χ2v) is 7.43. The van der Waals surface area contributed by atoms with Crippen LogP contribution in [0.5, 0.6) is 17.4 Å². The maximum atomic E-state index is 12.4. The van der Waals surface area contributed by atoms with Crippen molar-refractivity contribution in [2.75, 3.05) is 19.8 Å². The molecule has 1 heterocycles. The first-order chi connectivity index (χ1) is 15.4. The van der Waals surface area contributed by atoms with Crippen molar-refractivity contribution in [3.05, 3.63) is 53.7 Å². The molecule has 3 rings (SSSR count). The highest BCUT2D eigenvalue weighted by Crippen LogP contribution is 2.27. The lowest BCUT2D eigenvalue weighted by atomic mass is 10.0.